The molecule has 0 aliphatic rings. The second-order valence-corrected chi connectivity index (χ2v) is 7.65. The Hall–Kier alpha value is -1.63. The average Bonchev–Trinajstić information content (AvgIpc) is 2.52. The van der Waals surface area contributed by atoms with E-state index in [-0.39, 0.29) is 15.6 Å². The fourth-order valence-corrected chi connectivity index (χ4v) is 3.95. The summed E-state index contributed by atoms with van der Waals surface area (Å²) < 4.78 is 27.5. The summed E-state index contributed by atoms with van der Waals surface area (Å²) in [5.74, 6) is 0. The van der Waals surface area contributed by atoms with Crippen LogP contribution in [0.1, 0.15) is 13.8 Å². The van der Waals surface area contributed by atoms with E-state index in [2.05, 4.69) is 9.62 Å². The molecule has 3 N–H and O–H groups in total. The first-order valence-electron chi connectivity index (χ1n) is 7.40. The zero-order valence-corrected chi connectivity index (χ0v) is 15.7. The van der Waals surface area contributed by atoms with Gasteiger partial charge in [-0.05, 0) is 50.2 Å². The first-order chi connectivity index (χ1) is 11.3. The Morgan fingerprint density at radius 2 is 1.75 bits per heavy atom. The van der Waals surface area contributed by atoms with E-state index in [0.29, 0.717) is 10.7 Å². The molecule has 8 heteroatoms. The van der Waals surface area contributed by atoms with Crippen molar-refractivity contribution >= 4 is 50.3 Å². The maximum absolute atomic E-state index is 12.5. The van der Waals surface area contributed by atoms with Crippen LogP contribution in [0.4, 0.5) is 17.1 Å². The van der Waals surface area contributed by atoms with Crippen LogP contribution >= 0.6 is 23.2 Å². The molecule has 0 spiro atoms. The quantitative estimate of drug-likeness (QED) is 0.727. The van der Waals surface area contributed by atoms with E-state index >= 15 is 0 Å². The van der Waals surface area contributed by atoms with Crippen LogP contribution in [0.2, 0.25) is 10.0 Å². The maximum Gasteiger partial charge on any atom is 0.262 e. The van der Waals surface area contributed by atoms with Gasteiger partial charge in [-0.3, -0.25) is 4.72 Å². The highest BCUT2D eigenvalue weighted by atomic mass is 35.5. The number of nitrogens with two attached hydrogens (primary N) is 1. The van der Waals surface area contributed by atoms with Crippen LogP contribution in [-0.2, 0) is 10.0 Å². The SMILES string of the molecule is CCN(CC)c1ccc(S(=O)(=O)Nc2ccc(Cl)cc2Cl)cc1N. The van der Waals surface area contributed by atoms with Gasteiger partial charge in [-0.1, -0.05) is 23.2 Å². The molecule has 0 saturated carbocycles. The van der Waals surface area contributed by atoms with E-state index in [0.717, 1.165) is 18.8 Å². The lowest BCUT2D eigenvalue weighted by Crippen LogP contribution is -2.23. The van der Waals surface area contributed by atoms with Gasteiger partial charge in [0.05, 0.1) is 27.0 Å². The zero-order chi connectivity index (χ0) is 17.9. The summed E-state index contributed by atoms with van der Waals surface area (Å²) in [5.41, 5.74) is 7.51. The van der Waals surface area contributed by atoms with Crippen molar-refractivity contribution in [3.05, 3.63) is 46.4 Å². The molecule has 130 valence electrons. The molecule has 0 bridgehead atoms. The summed E-state index contributed by atoms with van der Waals surface area (Å²) in [5, 5.41) is 0.648. The Balaban J connectivity index is 2.34. The zero-order valence-electron chi connectivity index (χ0n) is 13.4. The van der Waals surface area contributed by atoms with Gasteiger partial charge in [0.2, 0.25) is 0 Å². The Morgan fingerprint density at radius 3 is 2.29 bits per heavy atom. The van der Waals surface area contributed by atoms with Crippen molar-refractivity contribution in [1.29, 1.82) is 0 Å². The molecule has 0 radical (unpaired) electrons. The molecule has 0 fully saturated rings. The van der Waals surface area contributed by atoms with Crippen LogP contribution in [-0.4, -0.2) is 21.5 Å². The van der Waals surface area contributed by atoms with Crippen molar-refractivity contribution in [3.63, 3.8) is 0 Å². The molecule has 2 aromatic rings. The number of nitrogen functional groups attached to an aromatic ring is 1. The number of benzene rings is 2. The number of nitrogens with zero attached hydrogens (tertiary/aromatic N) is 1. The molecule has 0 aromatic heterocycles. The number of hydrogen-bond acceptors (Lipinski definition) is 4. The van der Waals surface area contributed by atoms with E-state index in [9.17, 15) is 8.42 Å². The lowest BCUT2D eigenvalue weighted by molar-refractivity contribution is 0.601. The molecule has 0 amide bonds. The van der Waals surface area contributed by atoms with Gasteiger partial charge in [-0.2, -0.15) is 0 Å². The molecular weight excluding hydrogens is 369 g/mol. The van der Waals surface area contributed by atoms with E-state index in [4.69, 9.17) is 28.9 Å². The Kier molecular flexibility index (Phi) is 5.85. The molecule has 0 aliphatic heterocycles. The predicted octanol–water partition coefficient (Wildman–Crippen LogP) is 4.22. The van der Waals surface area contributed by atoms with Gasteiger partial charge >= 0.3 is 0 Å². The Morgan fingerprint density at radius 1 is 1.08 bits per heavy atom. The molecular formula is C16H19Cl2N3O2S. The fraction of sp³-hybridized carbons (Fsp3) is 0.250. The number of rotatable bonds is 6. The van der Waals surface area contributed by atoms with Gasteiger partial charge in [0.1, 0.15) is 0 Å². The van der Waals surface area contributed by atoms with Crippen LogP contribution in [0.5, 0.6) is 0 Å². The lowest BCUT2D eigenvalue weighted by Gasteiger charge is -2.23. The number of nitrogens with one attached hydrogen (secondary N) is 1. The van der Waals surface area contributed by atoms with Crippen LogP contribution in [0, 0.1) is 0 Å². The highest BCUT2D eigenvalue weighted by Gasteiger charge is 2.18. The number of hydrogen-bond donors (Lipinski definition) is 2. The van der Waals surface area contributed by atoms with Crippen molar-refractivity contribution in [2.75, 3.05) is 28.4 Å². The molecule has 2 aromatic carbocycles. The van der Waals surface area contributed by atoms with Crippen LogP contribution < -0.4 is 15.4 Å². The minimum Gasteiger partial charge on any atom is -0.397 e. The summed E-state index contributed by atoms with van der Waals surface area (Å²) in [6.45, 7) is 5.59. The van der Waals surface area contributed by atoms with Gasteiger partial charge in [0, 0.05) is 18.1 Å². The van der Waals surface area contributed by atoms with Crippen LogP contribution in [0.3, 0.4) is 0 Å². The smallest absolute Gasteiger partial charge is 0.262 e. The first kappa shape index (κ1) is 18.7. The topological polar surface area (TPSA) is 75.4 Å². The van der Waals surface area contributed by atoms with E-state index in [1.54, 1.807) is 12.1 Å². The third-order valence-corrected chi connectivity index (χ3v) is 5.50. The Labute approximate surface area is 152 Å². The third kappa shape index (κ3) is 4.06. The largest absolute Gasteiger partial charge is 0.397 e. The summed E-state index contributed by atoms with van der Waals surface area (Å²) in [6, 6.07) is 9.22. The summed E-state index contributed by atoms with van der Waals surface area (Å²) in [4.78, 5) is 2.12. The highest BCUT2D eigenvalue weighted by Crippen LogP contribution is 2.30. The standard InChI is InChI=1S/C16H19Cl2N3O2S/c1-3-21(4-2)16-8-6-12(10-14(16)19)24(22,23)20-15-7-5-11(17)9-13(15)18/h5-10,20H,3-4,19H2,1-2H3. The van der Waals surface area contributed by atoms with Crippen LogP contribution in [0.25, 0.3) is 0 Å². The first-order valence-corrected chi connectivity index (χ1v) is 9.64. The minimum absolute atomic E-state index is 0.0712. The summed E-state index contributed by atoms with van der Waals surface area (Å²) >= 11 is 11.8. The molecule has 0 saturated heterocycles. The normalized spacial score (nSPS) is 11.3. The van der Waals surface area contributed by atoms with Crippen molar-refractivity contribution in [2.45, 2.75) is 18.7 Å². The van der Waals surface area contributed by atoms with Gasteiger partial charge < -0.3 is 10.6 Å². The molecule has 0 unspecified atom stereocenters. The predicted molar refractivity (Wildman–Crippen MR) is 102 cm³/mol. The van der Waals surface area contributed by atoms with E-state index in [1.165, 1.54) is 24.3 Å². The molecule has 2 rings (SSSR count). The monoisotopic (exact) mass is 387 g/mol. The lowest BCUT2D eigenvalue weighted by atomic mass is 10.2. The van der Waals surface area contributed by atoms with Crippen LogP contribution in [0.15, 0.2) is 41.3 Å². The molecule has 0 heterocycles. The highest BCUT2D eigenvalue weighted by molar-refractivity contribution is 7.92. The second kappa shape index (κ2) is 7.51. The third-order valence-electron chi connectivity index (χ3n) is 3.59. The van der Waals surface area contributed by atoms with E-state index < -0.39 is 10.0 Å². The molecule has 0 aliphatic carbocycles. The van der Waals surface area contributed by atoms with Crippen molar-refractivity contribution in [2.24, 2.45) is 0 Å². The van der Waals surface area contributed by atoms with Gasteiger partial charge in [-0.25, -0.2) is 8.42 Å². The van der Waals surface area contributed by atoms with Crippen molar-refractivity contribution in [1.82, 2.24) is 0 Å². The van der Waals surface area contributed by atoms with Gasteiger partial charge in [0.15, 0.2) is 0 Å². The number of halogens is 2. The van der Waals surface area contributed by atoms with Crippen molar-refractivity contribution in [3.8, 4) is 0 Å². The number of sulfonamides is 1. The fourth-order valence-electron chi connectivity index (χ4n) is 2.33. The average molecular weight is 388 g/mol. The number of anilines is 3. The molecule has 0 atom stereocenters. The van der Waals surface area contributed by atoms with E-state index in [1.807, 2.05) is 13.8 Å². The van der Waals surface area contributed by atoms with Crippen molar-refractivity contribution < 1.29 is 8.42 Å². The Bertz CT molecular complexity index is 837. The second-order valence-electron chi connectivity index (χ2n) is 5.12. The minimum atomic E-state index is -3.80. The van der Waals surface area contributed by atoms with Gasteiger partial charge in [-0.15, -0.1) is 0 Å². The maximum atomic E-state index is 12.5. The summed E-state index contributed by atoms with van der Waals surface area (Å²) in [6.07, 6.45) is 0. The molecule has 24 heavy (non-hydrogen) atoms. The van der Waals surface area contributed by atoms with Gasteiger partial charge in [0.25, 0.3) is 10.0 Å². The summed E-state index contributed by atoms with van der Waals surface area (Å²) in [7, 11) is -3.80. The molecule has 5 nitrogen and oxygen atoms in total.